The van der Waals surface area contributed by atoms with Gasteiger partial charge in [0.1, 0.15) is 11.6 Å². The van der Waals surface area contributed by atoms with Crippen molar-refractivity contribution in [3.05, 3.63) is 29.1 Å². The van der Waals surface area contributed by atoms with Gasteiger partial charge >= 0.3 is 0 Å². The van der Waals surface area contributed by atoms with Gasteiger partial charge in [0.2, 0.25) is 0 Å². The summed E-state index contributed by atoms with van der Waals surface area (Å²) in [4.78, 5) is 0. The lowest BCUT2D eigenvalue weighted by atomic mass is 10.0. The van der Waals surface area contributed by atoms with Gasteiger partial charge < -0.3 is 16.6 Å². The zero-order valence-corrected chi connectivity index (χ0v) is 7.42. The van der Waals surface area contributed by atoms with Crippen molar-refractivity contribution in [1.29, 1.82) is 0 Å². The SMILES string of the molecule is Cc1ccc(F)c([C@@H](N)CN)c1O. The summed E-state index contributed by atoms with van der Waals surface area (Å²) in [5.41, 5.74) is 11.5. The Kier molecular flexibility index (Phi) is 2.85. The minimum absolute atomic E-state index is 0.0991. The highest BCUT2D eigenvalue weighted by atomic mass is 19.1. The Balaban J connectivity index is 3.25. The first kappa shape index (κ1) is 9.95. The van der Waals surface area contributed by atoms with Gasteiger partial charge in [0.25, 0.3) is 0 Å². The Morgan fingerprint density at radius 2 is 2.15 bits per heavy atom. The van der Waals surface area contributed by atoms with Gasteiger partial charge in [-0.2, -0.15) is 0 Å². The summed E-state index contributed by atoms with van der Waals surface area (Å²) in [5.74, 6) is -0.612. The number of hydrogen-bond acceptors (Lipinski definition) is 3. The molecular weight excluding hydrogens is 171 g/mol. The standard InChI is InChI=1S/C9H13FN2O/c1-5-2-3-6(10)8(9(5)13)7(12)4-11/h2-3,7,13H,4,11-12H2,1H3/t7-/m0/s1. The number of aromatic hydroxyl groups is 1. The van der Waals surface area contributed by atoms with Crippen LogP contribution in [0.25, 0.3) is 0 Å². The Morgan fingerprint density at radius 3 is 2.69 bits per heavy atom. The molecule has 0 fully saturated rings. The largest absolute Gasteiger partial charge is 0.507 e. The third-order valence-corrected chi connectivity index (χ3v) is 1.99. The summed E-state index contributed by atoms with van der Waals surface area (Å²) >= 11 is 0. The average Bonchev–Trinajstić information content (AvgIpc) is 2.12. The fraction of sp³-hybridized carbons (Fsp3) is 0.333. The third-order valence-electron chi connectivity index (χ3n) is 1.99. The van der Waals surface area contributed by atoms with Crippen LogP contribution in [-0.4, -0.2) is 11.7 Å². The number of aryl methyl sites for hydroxylation is 1. The summed E-state index contributed by atoms with van der Waals surface area (Å²) in [6.45, 7) is 1.79. The zero-order chi connectivity index (χ0) is 10.0. The number of rotatable bonds is 2. The molecule has 0 amide bonds. The molecule has 0 radical (unpaired) electrons. The van der Waals surface area contributed by atoms with E-state index in [4.69, 9.17) is 11.5 Å². The van der Waals surface area contributed by atoms with Gasteiger partial charge in [0.15, 0.2) is 0 Å². The van der Waals surface area contributed by atoms with E-state index in [2.05, 4.69) is 0 Å². The van der Waals surface area contributed by atoms with Gasteiger partial charge in [-0.05, 0) is 18.6 Å². The van der Waals surface area contributed by atoms with Gasteiger partial charge in [-0.3, -0.25) is 0 Å². The maximum Gasteiger partial charge on any atom is 0.131 e. The van der Waals surface area contributed by atoms with E-state index in [1.807, 2.05) is 0 Å². The smallest absolute Gasteiger partial charge is 0.131 e. The summed E-state index contributed by atoms with van der Waals surface area (Å²) in [5, 5.41) is 9.50. The summed E-state index contributed by atoms with van der Waals surface area (Å²) in [6, 6.07) is 2.12. The van der Waals surface area contributed by atoms with E-state index in [9.17, 15) is 9.50 Å². The van der Waals surface area contributed by atoms with E-state index in [0.717, 1.165) is 0 Å². The predicted octanol–water partition coefficient (Wildman–Crippen LogP) is 0.798. The molecule has 0 aliphatic heterocycles. The average molecular weight is 184 g/mol. The lowest BCUT2D eigenvalue weighted by Gasteiger charge is -2.13. The lowest BCUT2D eigenvalue weighted by molar-refractivity contribution is 0.445. The first-order chi connectivity index (χ1) is 6.07. The van der Waals surface area contributed by atoms with Crippen molar-refractivity contribution in [2.45, 2.75) is 13.0 Å². The summed E-state index contributed by atoms with van der Waals surface area (Å²) in [7, 11) is 0. The van der Waals surface area contributed by atoms with Gasteiger partial charge in [-0.1, -0.05) is 6.07 Å². The van der Waals surface area contributed by atoms with Gasteiger partial charge in [-0.25, -0.2) is 4.39 Å². The highest BCUT2D eigenvalue weighted by Gasteiger charge is 2.16. The molecule has 1 aromatic rings. The number of nitrogens with two attached hydrogens (primary N) is 2. The number of phenols is 1. The maximum absolute atomic E-state index is 13.2. The predicted molar refractivity (Wildman–Crippen MR) is 48.8 cm³/mol. The molecule has 1 aromatic carbocycles. The molecule has 0 heterocycles. The quantitative estimate of drug-likeness (QED) is 0.636. The molecule has 0 saturated heterocycles. The van der Waals surface area contributed by atoms with Crippen molar-refractivity contribution >= 4 is 0 Å². The highest BCUT2D eigenvalue weighted by molar-refractivity contribution is 5.42. The van der Waals surface area contributed by atoms with Crippen LogP contribution >= 0.6 is 0 Å². The van der Waals surface area contributed by atoms with Crippen LogP contribution < -0.4 is 11.5 Å². The van der Waals surface area contributed by atoms with E-state index in [1.165, 1.54) is 12.1 Å². The zero-order valence-electron chi connectivity index (χ0n) is 7.42. The second-order valence-corrected chi connectivity index (χ2v) is 2.97. The van der Waals surface area contributed by atoms with Crippen LogP contribution in [0.5, 0.6) is 5.75 Å². The van der Waals surface area contributed by atoms with E-state index in [0.29, 0.717) is 5.56 Å². The number of phenolic OH excluding ortho intramolecular Hbond substituents is 1. The molecule has 0 unspecified atom stereocenters. The molecular formula is C9H13FN2O. The Morgan fingerprint density at radius 1 is 1.54 bits per heavy atom. The molecule has 0 aliphatic rings. The van der Waals surface area contributed by atoms with Crippen molar-refractivity contribution in [3.63, 3.8) is 0 Å². The van der Waals surface area contributed by atoms with Crippen LogP contribution in [0.2, 0.25) is 0 Å². The van der Waals surface area contributed by atoms with E-state index < -0.39 is 11.9 Å². The van der Waals surface area contributed by atoms with Crippen molar-refractivity contribution < 1.29 is 9.50 Å². The fourth-order valence-electron chi connectivity index (χ4n) is 1.16. The Labute approximate surface area is 76.2 Å². The summed E-state index contributed by atoms with van der Waals surface area (Å²) < 4.78 is 13.2. The highest BCUT2D eigenvalue weighted by Crippen LogP contribution is 2.28. The number of benzene rings is 1. The molecule has 4 heteroatoms. The topological polar surface area (TPSA) is 72.3 Å². The van der Waals surface area contributed by atoms with Crippen LogP contribution in [0, 0.1) is 12.7 Å². The molecule has 1 atom stereocenters. The number of halogens is 1. The van der Waals surface area contributed by atoms with Crippen LogP contribution in [-0.2, 0) is 0 Å². The van der Waals surface area contributed by atoms with E-state index in [1.54, 1.807) is 6.92 Å². The third kappa shape index (κ3) is 1.79. The molecule has 0 saturated carbocycles. The van der Waals surface area contributed by atoms with Crippen molar-refractivity contribution in [2.24, 2.45) is 11.5 Å². The first-order valence-corrected chi connectivity index (χ1v) is 4.01. The second kappa shape index (κ2) is 3.72. The number of hydrogen-bond donors (Lipinski definition) is 3. The molecule has 0 aliphatic carbocycles. The minimum Gasteiger partial charge on any atom is -0.507 e. The first-order valence-electron chi connectivity index (χ1n) is 4.01. The molecule has 13 heavy (non-hydrogen) atoms. The Hall–Kier alpha value is -1.13. The van der Waals surface area contributed by atoms with Crippen LogP contribution in [0.4, 0.5) is 4.39 Å². The molecule has 1 rings (SSSR count). The van der Waals surface area contributed by atoms with Gasteiger partial charge in [0.05, 0.1) is 0 Å². The lowest BCUT2D eigenvalue weighted by Crippen LogP contribution is -2.22. The van der Waals surface area contributed by atoms with Gasteiger partial charge in [-0.15, -0.1) is 0 Å². The minimum atomic E-state index is -0.653. The van der Waals surface area contributed by atoms with Crippen LogP contribution in [0.1, 0.15) is 17.2 Å². The molecule has 72 valence electrons. The Bertz CT molecular complexity index is 315. The normalized spacial score (nSPS) is 12.9. The monoisotopic (exact) mass is 184 g/mol. The maximum atomic E-state index is 13.2. The fourth-order valence-corrected chi connectivity index (χ4v) is 1.16. The molecule has 3 nitrogen and oxygen atoms in total. The van der Waals surface area contributed by atoms with Crippen LogP contribution in [0.3, 0.4) is 0 Å². The molecule has 0 bridgehead atoms. The van der Waals surface area contributed by atoms with Crippen LogP contribution in [0.15, 0.2) is 12.1 Å². The molecule has 0 aromatic heterocycles. The van der Waals surface area contributed by atoms with Crippen molar-refractivity contribution in [1.82, 2.24) is 0 Å². The van der Waals surface area contributed by atoms with Gasteiger partial charge in [0, 0.05) is 18.2 Å². The second-order valence-electron chi connectivity index (χ2n) is 2.97. The van der Waals surface area contributed by atoms with E-state index in [-0.39, 0.29) is 17.9 Å². The molecule has 0 spiro atoms. The van der Waals surface area contributed by atoms with E-state index >= 15 is 0 Å². The van der Waals surface area contributed by atoms with Crippen molar-refractivity contribution in [3.8, 4) is 5.75 Å². The van der Waals surface area contributed by atoms with Crippen molar-refractivity contribution in [2.75, 3.05) is 6.54 Å². The molecule has 5 N–H and O–H groups in total. The summed E-state index contributed by atoms with van der Waals surface area (Å²) in [6.07, 6.45) is 0.